The van der Waals surface area contributed by atoms with Gasteiger partial charge in [0.05, 0.1) is 0 Å². The molecule has 0 bridgehead atoms. The van der Waals surface area contributed by atoms with Gasteiger partial charge in [-0.2, -0.15) is 0 Å². The topological polar surface area (TPSA) is 61.4 Å². The molecule has 32 heavy (non-hydrogen) atoms. The predicted octanol–water partition coefficient (Wildman–Crippen LogP) is 2.42. The molecule has 7 nitrogen and oxygen atoms in total. The van der Waals surface area contributed by atoms with Gasteiger partial charge in [-0.1, -0.05) is 30.3 Å². The number of rotatable bonds is 11. The van der Waals surface area contributed by atoms with Gasteiger partial charge >= 0.3 is 0 Å². The fourth-order valence-corrected chi connectivity index (χ4v) is 4.11. The van der Waals surface area contributed by atoms with E-state index in [1.807, 2.05) is 7.05 Å². The Balaban J connectivity index is 0.00000363. The first-order chi connectivity index (χ1) is 15.3. The van der Waals surface area contributed by atoms with E-state index in [9.17, 15) is 0 Å². The van der Waals surface area contributed by atoms with Crippen molar-refractivity contribution in [3.8, 4) is 0 Å². The van der Waals surface area contributed by atoms with Gasteiger partial charge in [-0.05, 0) is 30.7 Å². The van der Waals surface area contributed by atoms with Crippen LogP contribution < -0.4 is 10.6 Å². The third kappa shape index (κ3) is 10.8. The van der Waals surface area contributed by atoms with E-state index in [4.69, 9.17) is 9.47 Å². The van der Waals surface area contributed by atoms with E-state index < -0.39 is 0 Å². The zero-order valence-corrected chi connectivity index (χ0v) is 22.0. The Morgan fingerprint density at radius 2 is 1.72 bits per heavy atom. The van der Waals surface area contributed by atoms with E-state index in [1.165, 1.54) is 5.56 Å². The molecule has 0 atom stereocenters. The highest BCUT2D eigenvalue weighted by Gasteiger charge is 2.16. The van der Waals surface area contributed by atoms with Gasteiger partial charge in [0.15, 0.2) is 5.96 Å². The highest BCUT2D eigenvalue weighted by Crippen LogP contribution is 2.14. The van der Waals surface area contributed by atoms with Gasteiger partial charge in [0.2, 0.25) is 0 Å². The van der Waals surface area contributed by atoms with Crippen LogP contribution >= 0.6 is 24.0 Å². The van der Waals surface area contributed by atoms with Crippen molar-refractivity contribution in [2.45, 2.75) is 25.8 Å². The Hall–Kier alpha value is -0.940. The first kappa shape index (κ1) is 27.3. The minimum atomic E-state index is 0. The molecule has 0 spiro atoms. The Morgan fingerprint density at radius 3 is 2.44 bits per heavy atom. The van der Waals surface area contributed by atoms with Crippen LogP contribution in [0.4, 0.5) is 0 Å². The molecule has 0 radical (unpaired) electrons. The number of nitrogens with zero attached hydrogens (tertiary/aromatic N) is 3. The van der Waals surface area contributed by atoms with Crippen molar-refractivity contribution in [3.05, 3.63) is 35.9 Å². The molecule has 0 saturated carbocycles. The molecule has 0 aliphatic carbocycles. The van der Waals surface area contributed by atoms with E-state index in [0.717, 1.165) is 104 Å². The van der Waals surface area contributed by atoms with Crippen molar-refractivity contribution in [3.63, 3.8) is 0 Å². The minimum Gasteiger partial charge on any atom is -0.381 e. The zero-order chi connectivity index (χ0) is 21.6. The summed E-state index contributed by atoms with van der Waals surface area (Å²) < 4.78 is 11.2. The van der Waals surface area contributed by atoms with Gasteiger partial charge in [0, 0.05) is 85.8 Å². The lowest BCUT2D eigenvalue weighted by atomic mass is 10.0. The summed E-state index contributed by atoms with van der Waals surface area (Å²) >= 11 is 0. The summed E-state index contributed by atoms with van der Waals surface area (Å²) in [4.78, 5) is 9.41. The average Bonchev–Trinajstić information content (AvgIpc) is 2.82. The Labute approximate surface area is 211 Å². The molecule has 182 valence electrons. The highest BCUT2D eigenvalue weighted by atomic mass is 127. The Bertz CT molecular complexity index is 620. The van der Waals surface area contributed by atoms with E-state index in [-0.39, 0.29) is 24.0 Å². The molecule has 0 aromatic heterocycles. The van der Waals surface area contributed by atoms with E-state index in [2.05, 4.69) is 55.8 Å². The van der Waals surface area contributed by atoms with Crippen LogP contribution in [0.3, 0.4) is 0 Å². The van der Waals surface area contributed by atoms with Gasteiger partial charge in [-0.15, -0.1) is 24.0 Å². The molecule has 0 amide bonds. The molecule has 2 heterocycles. The monoisotopic (exact) mass is 559 g/mol. The van der Waals surface area contributed by atoms with Gasteiger partial charge in [-0.3, -0.25) is 14.8 Å². The van der Waals surface area contributed by atoms with Gasteiger partial charge in [-0.25, -0.2) is 0 Å². The van der Waals surface area contributed by atoms with Gasteiger partial charge in [0.1, 0.15) is 0 Å². The quantitative estimate of drug-likeness (QED) is 0.188. The second-order valence-corrected chi connectivity index (χ2v) is 8.51. The molecule has 1 aromatic carbocycles. The highest BCUT2D eigenvalue weighted by molar-refractivity contribution is 14.0. The number of aliphatic imine (C=N–C) groups is 1. The standard InChI is InChI=1S/C24H41N5O2.HI/c1-25-24(26-10-5-17-31-21-23-8-18-30-19-9-23)27-11-12-28-13-15-29(16-14-28)20-22-6-3-2-4-7-22;/h2-4,6-7,23H,5,8-21H2,1H3,(H2,25,26,27);1H. The fourth-order valence-electron chi connectivity index (χ4n) is 4.11. The van der Waals surface area contributed by atoms with E-state index in [1.54, 1.807) is 0 Å². The van der Waals surface area contributed by atoms with Gasteiger partial charge in [0.25, 0.3) is 0 Å². The second kappa shape index (κ2) is 16.6. The van der Waals surface area contributed by atoms with Crippen LogP contribution in [0.1, 0.15) is 24.8 Å². The molecule has 0 unspecified atom stereocenters. The summed E-state index contributed by atoms with van der Waals surface area (Å²) in [6.45, 7) is 11.9. The smallest absolute Gasteiger partial charge is 0.191 e. The SMILES string of the molecule is CN=C(NCCCOCC1CCOCC1)NCCN1CCN(Cc2ccccc2)CC1.I. The molecule has 2 saturated heterocycles. The number of guanidine groups is 1. The van der Waals surface area contributed by atoms with Crippen LogP contribution in [0.2, 0.25) is 0 Å². The van der Waals surface area contributed by atoms with Crippen LogP contribution in [0, 0.1) is 5.92 Å². The maximum Gasteiger partial charge on any atom is 0.191 e. The predicted molar refractivity (Wildman–Crippen MR) is 142 cm³/mol. The first-order valence-electron chi connectivity index (χ1n) is 11.9. The number of benzene rings is 1. The number of nitrogens with one attached hydrogen (secondary N) is 2. The van der Waals surface area contributed by atoms with Crippen molar-refractivity contribution in [2.24, 2.45) is 10.9 Å². The van der Waals surface area contributed by atoms with Crippen molar-refractivity contribution >= 4 is 29.9 Å². The Kier molecular flexibility index (Phi) is 14.2. The molecule has 1 aromatic rings. The maximum atomic E-state index is 5.83. The molecule has 2 N–H and O–H groups in total. The normalized spacial score (nSPS) is 18.8. The van der Waals surface area contributed by atoms with Crippen molar-refractivity contribution in [1.82, 2.24) is 20.4 Å². The first-order valence-corrected chi connectivity index (χ1v) is 11.9. The zero-order valence-electron chi connectivity index (χ0n) is 19.6. The molecule has 3 rings (SSSR count). The van der Waals surface area contributed by atoms with Crippen LogP contribution in [0.25, 0.3) is 0 Å². The summed E-state index contributed by atoms with van der Waals surface area (Å²) in [5.74, 6) is 1.56. The lowest BCUT2D eigenvalue weighted by molar-refractivity contribution is 0.0203. The van der Waals surface area contributed by atoms with Crippen molar-refractivity contribution in [1.29, 1.82) is 0 Å². The van der Waals surface area contributed by atoms with Crippen molar-refractivity contribution in [2.75, 3.05) is 79.3 Å². The van der Waals surface area contributed by atoms with Crippen molar-refractivity contribution < 1.29 is 9.47 Å². The molecular formula is C24H42IN5O2. The number of hydrogen-bond donors (Lipinski definition) is 2. The number of ether oxygens (including phenoxy) is 2. The van der Waals surface area contributed by atoms with Crippen LogP contribution in [-0.4, -0.2) is 95.0 Å². The van der Waals surface area contributed by atoms with Crippen LogP contribution in [0.5, 0.6) is 0 Å². The van der Waals surface area contributed by atoms with Crippen LogP contribution in [0.15, 0.2) is 35.3 Å². The Morgan fingerprint density at radius 1 is 1.03 bits per heavy atom. The molecule has 2 aliphatic rings. The summed E-state index contributed by atoms with van der Waals surface area (Å²) in [6, 6.07) is 10.8. The number of piperazine rings is 1. The summed E-state index contributed by atoms with van der Waals surface area (Å²) in [6.07, 6.45) is 3.26. The minimum absolute atomic E-state index is 0. The summed E-state index contributed by atoms with van der Waals surface area (Å²) in [5.41, 5.74) is 1.40. The summed E-state index contributed by atoms with van der Waals surface area (Å²) in [5, 5.41) is 6.83. The lowest BCUT2D eigenvalue weighted by Crippen LogP contribution is -2.49. The third-order valence-corrected chi connectivity index (χ3v) is 6.11. The fraction of sp³-hybridized carbons (Fsp3) is 0.708. The molecule has 2 fully saturated rings. The van der Waals surface area contributed by atoms with E-state index in [0.29, 0.717) is 5.92 Å². The summed E-state index contributed by atoms with van der Waals surface area (Å²) in [7, 11) is 1.83. The molecular weight excluding hydrogens is 517 g/mol. The molecule has 8 heteroatoms. The number of hydrogen-bond acceptors (Lipinski definition) is 5. The van der Waals surface area contributed by atoms with E-state index >= 15 is 0 Å². The average molecular weight is 560 g/mol. The maximum absolute atomic E-state index is 5.83. The second-order valence-electron chi connectivity index (χ2n) is 8.51. The largest absolute Gasteiger partial charge is 0.381 e. The molecule has 2 aliphatic heterocycles. The lowest BCUT2D eigenvalue weighted by Gasteiger charge is -2.34. The van der Waals surface area contributed by atoms with Crippen LogP contribution in [-0.2, 0) is 16.0 Å². The van der Waals surface area contributed by atoms with Gasteiger partial charge < -0.3 is 20.1 Å². The third-order valence-electron chi connectivity index (χ3n) is 6.11. The number of halogens is 1.